The molecule has 6 nitrogen and oxygen atoms in total. The Morgan fingerprint density at radius 3 is 0.735 bits per heavy atom. The van der Waals surface area contributed by atoms with Crippen molar-refractivity contribution in [1.82, 2.24) is 0 Å². The van der Waals surface area contributed by atoms with Crippen molar-refractivity contribution in [3.05, 3.63) is 109 Å². The van der Waals surface area contributed by atoms with Crippen LogP contribution in [0.2, 0.25) is 0 Å². The second-order valence-corrected chi connectivity index (χ2v) is 23.4. The van der Waals surface area contributed by atoms with E-state index < -0.39 is 6.10 Å². The monoisotopic (exact) mass is 1150 g/mol. The second-order valence-electron chi connectivity index (χ2n) is 23.4. The Hall–Kier alpha value is -3.93. The van der Waals surface area contributed by atoms with E-state index in [4.69, 9.17) is 14.2 Å². The summed E-state index contributed by atoms with van der Waals surface area (Å²) < 4.78 is 17.0. The molecule has 0 bridgehead atoms. The van der Waals surface area contributed by atoms with Gasteiger partial charge in [-0.1, -0.05) is 329 Å². The van der Waals surface area contributed by atoms with Gasteiger partial charge in [0, 0.05) is 19.3 Å². The quantitative estimate of drug-likeness (QED) is 0.0261. The van der Waals surface area contributed by atoms with Gasteiger partial charge < -0.3 is 14.2 Å². The van der Waals surface area contributed by atoms with Crippen LogP contribution in [0.25, 0.3) is 0 Å². The molecule has 0 saturated heterocycles. The van der Waals surface area contributed by atoms with E-state index in [0.29, 0.717) is 19.3 Å². The van der Waals surface area contributed by atoms with Gasteiger partial charge in [0.25, 0.3) is 0 Å². The minimum Gasteiger partial charge on any atom is -0.462 e. The molecule has 0 spiro atoms. The van der Waals surface area contributed by atoms with Crippen LogP contribution in [-0.2, 0) is 28.6 Å². The van der Waals surface area contributed by atoms with Gasteiger partial charge in [-0.15, -0.1) is 0 Å². The summed E-state index contributed by atoms with van der Waals surface area (Å²) in [5.74, 6) is -0.875. The SMILES string of the molecule is CC/C=C\C/C=C\C/C=C\C/C=C\C/C=C\C/C=C\CCCCCCCCCCCCCCC(=O)OCC(COC(=O)CCCCCCCCCCCCCCCCCCC)OC(=O)CCCCCCCCC/C=C\C/C=C\C/C=C\CC. The number of hydrogen-bond acceptors (Lipinski definition) is 6. The molecule has 0 amide bonds. The Bertz CT molecular complexity index is 1660. The maximum atomic E-state index is 12.9. The maximum absolute atomic E-state index is 12.9. The maximum Gasteiger partial charge on any atom is 0.306 e. The van der Waals surface area contributed by atoms with E-state index in [1.165, 1.54) is 180 Å². The van der Waals surface area contributed by atoms with Gasteiger partial charge in [-0.2, -0.15) is 0 Å². The highest BCUT2D eigenvalue weighted by atomic mass is 16.6. The number of hydrogen-bond donors (Lipinski definition) is 0. The first-order valence-corrected chi connectivity index (χ1v) is 35.4. The third kappa shape index (κ3) is 68.7. The van der Waals surface area contributed by atoms with Gasteiger partial charge in [0.1, 0.15) is 13.2 Å². The van der Waals surface area contributed by atoms with E-state index in [-0.39, 0.29) is 31.1 Å². The molecular formula is C77H132O6. The van der Waals surface area contributed by atoms with Crippen LogP contribution < -0.4 is 0 Å². The molecule has 0 heterocycles. The molecule has 0 aliphatic carbocycles. The van der Waals surface area contributed by atoms with Crippen LogP contribution in [0.3, 0.4) is 0 Å². The fourth-order valence-electron chi connectivity index (χ4n) is 10.1. The van der Waals surface area contributed by atoms with Gasteiger partial charge in [0.2, 0.25) is 0 Å². The fraction of sp³-hybridized carbons (Fsp3) is 0.727. The predicted molar refractivity (Wildman–Crippen MR) is 362 cm³/mol. The highest BCUT2D eigenvalue weighted by molar-refractivity contribution is 5.71. The molecule has 0 N–H and O–H groups in total. The fourth-order valence-corrected chi connectivity index (χ4v) is 10.1. The molecule has 1 unspecified atom stereocenters. The smallest absolute Gasteiger partial charge is 0.306 e. The van der Waals surface area contributed by atoms with Crippen molar-refractivity contribution in [3.63, 3.8) is 0 Å². The topological polar surface area (TPSA) is 78.9 Å². The van der Waals surface area contributed by atoms with Crippen LogP contribution in [0.5, 0.6) is 0 Å². The number of carbonyl (C=O) groups is 3. The zero-order valence-corrected chi connectivity index (χ0v) is 54.7. The normalized spacial score (nSPS) is 12.8. The zero-order chi connectivity index (χ0) is 59.9. The van der Waals surface area contributed by atoms with E-state index in [1.54, 1.807) is 0 Å². The summed E-state index contributed by atoms with van der Waals surface area (Å²) in [6.45, 7) is 6.45. The molecule has 0 rings (SSSR count). The minimum atomic E-state index is -0.785. The van der Waals surface area contributed by atoms with Crippen molar-refractivity contribution in [1.29, 1.82) is 0 Å². The molecule has 0 aliphatic heterocycles. The average molecular weight is 1150 g/mol. The molecule has 476 valence electrons. The Labute approximate surface area is 514 Å². The van der Waals surface area contributed by atoms with E-state index in [0.717, 1.165) is 122 Å². The predicted octanol–water partition coefficient (Wildman–Crippen LogP) is 24.6. The molecule has 0 saturated carbocycles. The van der Waals surface area contributed by atoms with E-state index in [2.05, 4.69) is 130 Å². The summed E-state index contributed by atoms with van der Waals surface area (Å²) in [6, 6.07) is 0. The number of carbonyl (C=O) groups excluding carboxylic acids is 3. The zero-order valence-electron chi connectivity index (χ0n) is 54.7. The highest BCUT2D eigenvalue weighted by Gasteiger charge is 2.19. The number of esters is 3. The van der Waals surface area contributed by atoms with Crippen LogP contribution >= 0.6 is 0 Å². The van der Waals surface area contributed by atoms with Gasteiger partial charge in [-0.05, 0) is 103 Å². The molecule has 0 aromatic heterocycles. The van der Waals surface area contributed by atoms with Gasteiger partial charge >= 0.3 is 17.9 Å². The first-order valence-electron chi connectivity index (χ1n) is 35.4. The summed E-state index contributed by atoms with van der Waals surface area (Å²) in [7, 11) is 0. The van der Waals surface area contributed by atoms with Crippen molar-refractivity contribution in [3.8, 4) is 0 Å². The lowest BCUT2D eigenvalue weighted by Gasteiger charge is -2.18. The first kappa shape index (κ1) is 79.1. The standard InChI is InChI=1S/C77H132O6/c1-4-7-10-13-16-19-22-25-28-31-32-33-34-35-36-37-38-39-40-41-42-43-44-47-49-52-55-58-61-64-67-70-76(79)82-73-74(83-77(80)71-68-65-62-59-56-53-50-46-30-27-24-21-18-15-12-9-6-3)72-81-75(78)69-66-63-60-57-54-51-48-45-29-26-23-20-17-14-11-8-5-2/h7,9-10,12,16,18-19,21,25,27-28,30,32-33,35-36,38-39,74H,4-6,8,11,13-15,17,20,22-24,26,29,31,34,37,40-73H2,1-3H3/b10-7-,12-9-,19-16-,21-18-,28-25-,30-27-,33-32-,36-35-,39-38-. The van der Waals surface area contributed by atoms with Crippen LogP contribution in [0.15, 0.2) is 109 Å². The van der Waals surface area contributed by atoms with Gasteiger partial charge in [-0.25, -0.2) is 0 Å². The van der Waals surface area contributed by atoms with Gasteiger partial charge in [0.05, 0.1) is 0 Å². The second kappa shape index (κ2) is 70.6. The third-order valence-electron chi connectivity index (χ3n) is 15.3. The molecule has 0 aromatic rings. The lowest BCUT2D eigenvalue weighted by Crippen LogP contribution is -2.30. The molecule has 83 heavy (non-hydrogen) atoms. The summed E-state index contributed by atoms with van der Waals surface area (Å²) in [6.07, 6.45) is 96.8. The summed E-state index contributed by atoms with van der Waals surface area (Å²) in [4.78, 5) is 38.5. The molecule has 0 aliphatic rings. The molecule has 6 heteroatoms. The van der Waals surface area contributed by atoms with E-state index >= 15 is 0 Å². The van der Waals surface area contributed by atoms with Gasteiger partial charge in [-0.3, -0.25) is 14.4 Å². The van der Waals surface area contributed by atoms with Crippen LogP contribution in [0, 0.1) is 0 Å². The Morgan fingerprint density at radius 1 is 0.253 bits per heavy atom. The lowest BCUT2D eigenvalue weighted by atomic mass is 10.0. The van der Waals surface area contributed by atoms with Crippen LogP contribution in [0.1, 0.15) is 342 Å². The Balaban J connectivity index is 4.28. The number of ether oxygens (including phenoxy) is 3. The molecular weight excluding hydrogens is 1020 g/mol. The third-order valence-corrected chi connectivity index (χ3v) is 15.3. The molecule has 1 atom stereocenters. The Kier molecular flexibility index (Phi) is 67.2. The Morgan fingerprint density at radius 2 is 0.470 bits per heavy atom. The van der Waals surface area contributed by atoms with Gasteiger partial charge in [0.15, 0.2) is 6.10 Å². The summed E-state index contributed by atoms with van der Waals surface area (Å²) >= 11 is 0. The van der Waals surface area contributed by atoms with Crippen LogP contribution in [-0.4, -0.2) is 37.2 Å². The number of unbranched alkanes of at least 4 members (excludes halogenated alkanes) is 35. The molecule has 0 fully saturated rings. The molecule has 0 radical (unpaired) electrons. The van der Waals surface area contributed by atoms with Crippen LogP contribution in [0.4, 0.5) is 0 Å². The van der Waals surface area contributed by atoms with Crippen molar-refractivity contribution < 1.29 is 28.6 Å². The lowest BCUT2D eigenvalue weighted by molar-refractivity contribution is -0.167. The highest BCUT2D eigenvalue weighted by Crippen LogP contribution is 2.17. The summed E-state index contributed by atoms with van der Waals surface area (Å²) in [5.41, 5.74) is 0. The largest absolute Gasteiger partial charge is 0.462 e. The average Bonchev–Trinajstić information content (AvgIpc) is 3.49. The van der Waals surface area contributed by atoms with E-state index in [9.17, 15) is 14.4 Å². The molecule has 0 aromatic carbocycles. The number of allylic oxidation sites excluding steroid dienone is 18. The summed E-state index contributed by atoms with van der Waals surface area (Å²) in [5, 5.41) is 0. The first-order chi connectivity index (χ1) is 41.0. The van der Waals surface area contributed by atoms with Crippen molar-refractivity contribution >= 4 is 17.9 Å². The van der Waals surface area contributed by atoms with Crippen molar-refractivity contribution in [2.75, 3.05) is 13.2 Å². The number of rotatable bonds is 64. The van der Waals surface area contributed by atoms with Crippen molar-refractivity contribution in [2.45, 2.75) is 348 Å². The van der Waals surface area contributed by atoms with Crippen molar-refractivity contribution in [2.24, 2.45) is 0 Å². The van der Waals surface area contributed by atoms with E-state index in [1.807, 2.05) is 0 Å². The minimum absolute atomic E-state index is 0.0790.